The standard InChI is InChI=1S/C36H35ClN2O6S/c1-6-9-26-18-24(19-29(43-7-2)33(26)45-21-23-10-14-27(37)15-11-23)20-30-34(40)39-32(25-12-16-28(42-5)17-13-25)31(35(41)44-8-3)22(4)38-36(39)46-30/h6,10-20,32H,1,7-9,21H2,2-5H3/b30-20+/t32-/m1/s1. The molecule has 1 aliphatic heterocycles. The van der Waals surface area contributed by atoms with Crippen molar-refractivity contribution in [2.45, 2.75) is 39.8 Å². The number of allylic oxidation sites excluding steroid dienone is 2. The average molecular weight is 659 g/mol. The van der Waals surface area contributed by atoms with Crippen LogP contribution in [0.1, 0.15) is 49.1 Å². The van der Waals surface area contributed by atoms with Crippen LogP contribution in [0.5, 0.6) is 17.2 Å². The molecule has 0 N–H and O–H groups in total. The number of aromatic nitrogens is 1. The first kappa shape index (κ1) is 32.8. The minimum absolute atomic E-state index is 0.198. The van der Waals surface area contributed by atoms with E-state index >= 15 is 0 Å². The first-order chi connectivity index (χ1) is 22.3. The van der Waals surface area contributed by atoms with Gasteiger partial charge in [-0.25, -0.2) is 9.79 Å². The minimum Gasteiger partial charge on any atom is -0.497 e. The van der Waals surface area contributed by atoms with Gasteiger partial charge in [-0.05, 0) is 86.4 Å². The Morgan fingerprint density at radius 1 is 1.07 bits per heavy atom. The van der Waals surface area contributed by atoms with Gasteiger partial charge in [0.2, 0.25) is 0 Å². The van der Waals surface area contributed by atoms with Crippen molar-refractivity contribution >= 4 is 35.0 Å². The van der Waals surface area contributed by atoms with Crippen LogP contribution in [0.4, 0.5) is 0 Å². The van der Waals surface area contributed by atoms with Crippen molar-refractivity contribution in [3.05, 3.63) is 132 Å². The van der Waals surface area contributed by atoms with Gasteiger partial charge < -0.3 is 18.9 Å². The van der Waals surface area contributed by atoms with Crippen LogP contribution in [-0.4, -0.2) is 30.9 Å². The molecule has 238 valence electrons. The lowest BCUT2D eigenvalue weighted by Gasteiger charge is -2.24. The maximum atomic E-state index is 14.1. The van der Waals surface area contributed by atoms with Crippen LogP contribution in [0.2, 0.25) is 5.02 Å². The number of rotatable bonds is 12. The summed E-state index contributed by atoms with van der Waals surface area (Å²) in [6.45, 7) is 10.3. The Morgan fingerprint density at radius 2 is 1.80 bits per heavy atom. The summed E-state index contributed by atoms with van der Waals surface area (Å²) >= 11 is 7.31. The Kier molecular flexibility index (Phi) is 10.4. The molecule has 0 saturated carbocycles. The number of carbonyl (C=O) groups excluding carboxylic acids is 1. The summed E-state index contributed by atoms with van der Waals surface area (Å²) in [4.78, 5) is 32.5. The number of methoxy groups -OCH3 is 1. The highest BCUT2D eigenvalue weighted by Crippen LogP contribution is 2.35. The lowest BCUT2D eigenvalue weighted by molar-refractivity contribution is -0.139. The van der Waals surface area contributed by atoms with Gasteiger partial charge in [0.15, 0.2) is 16.3 Å². The zero-order valence-electron chi connectivity index (χ0n) is 26.2. The molecule has 0 aliphatic carbocycles. The number of fused-ring (bicyclic) bond motifs is 1. The van der Waals surface area contributed by atoms with Gasteiger partial charge in [-0.2, -0.15) is 0 Å². The quantitative estimate of drug-likeness (QED) is 0.134. The molecule has 2 heterocycles. The zero-order chi connectivity index (χ0) is 32.8. The molecule has 0 bridgehead atoms. The summed E-state index contributed by atoms with van der Waals surface area (Å²) in [7, 11) is 1.59. The first-order valence-corrected chi connectivity index (χ1v) is 16.1. The molecule has 1 aliphatic rings. The molecule has 0 unspecified atom stereocenters. The lowest BCUT2D eigenvalue weighted by Crippen LogP contribution is -2.39. The highest BCUT2D eigenvalue weighted by Gasteiger charge is 2.33. The van der Waals surface area contributed by atoms with Crippen LogP contribution in [0.15, 0.2) is 94.4 Å². The molecule has 46 heavy (non-hydrogen) atoms. The van der Waals surface area contributed by atoms with Gasteiger partial charge in [0, 0.05) is 10.6 Å². The maximum Gasteiger partial charge on any atom is 0.338 e. The van der Waals surface area contributed by atoms with E-state index in [0.717, 1.165) is 22.3 Å². The van der Waals surface area contributed by atoms with E-state index in [-0.39, 0.29) is 12.2 Å². The fourth-order valence-electron chi connectivity index (χ4n) is 5.28. The second-order valence-electron chi connectivity index (χ2n) is 10.4. The molecule has 0 saturated heterocycles. The van der Waals surface area contributed by atoms with Crippen molar-refractivity contribution in [2.24, 2.45) is 4.99 Å². The predicted molar refractivity (Wildman–Crippen MR) is 181 cm³/mol. The van der Waals surface area contributed by atoms with Gasteiger partial charge in [-0.15, -0.1) is 6.58 Å². The monoisotopic (exact) mass is 658 g/mol. The Labute approximate surface area is 276 Å². The number of carbonyl (C=O) groups is 1. The predicted octanol–water partition coefficient (Wildman–Crippen LogP) is 6.17. The summed E-state index contributed by atoms with van der Waals surface area (Å²) < 4.78 is 25.1. The molecular weight excluding hydrogens is 624 g/mol. The third-order valence-electron chi connectivity index (χ3n) is 7.36. The number of hydrogen-bond acceptors (Lipinski definition) is 8. The van der Waals surface area contributed by atoms with Crippen LogP contribution in [-0.2, 0) is 22.6 Å². The number of hydrogen-bond donors (Lipinski definition) is 0. The van der Waals surface area contributed by atoms with E-state index in [4.69, 9.17) is 30.5 Å². The third-order valence-corrected chi connectivity index (χ3v) is 8.60. The molecule has 4 aromatic rings. The fraction of sp³-hybridized carbons (Fsp3) is 0.250. The molecule has 0 radical (unpaired) electrons. The van der Waals surface area contributed by atoms with E-state index in [0.29, 0.717) is 62.5 Å². The topological polar surface area (TPSA) is 88.4 Å². The summed E-state index contributed by atoms with van der Waals surface area (Å²) in [6, 6.07) is 17.9. The van der Waals surface area contributed by atoms with Crippen molar-refractivity contribution in [1.82, 2.24) is 4.57 Å². The van der Waals surface area contributed by atoms with E-state index in [9.17, 15) is 9.59 Å². The Balaban J connectivity index is 1.61. The molecular formula is C36H35ClN2O6S. The third kappa shape index (κ3) is 6.95. The number of halogens is 1. The van der Waals surface area contributed by atoms with Crippen LogP contribution in [0.25, 0.3) is 6.08 Å². The molecule has 5 rings (SSSR count). The molecule has 0 amide bonds. The summed E-state index contributed by atoms with van der Waals surface area (Å²) in [5.41, 5.74) is 3.87. The van der Waals surface area contributed by atoms with Crippen LogP contribution >= 0.6 is 22.9 Å². The Hall–Kier alpha value is -4.60. The van der Waals surface area contributed by atoms with Crippen LogP contribution < -0.4 is 29.1 Å². The van der Waals surface area contributed by atoms with Crippen molar-refractivity contribution in [1.29, 1.82) is 0 Å². The van der Waals surface area contributed by atoms with Crippen molar-refractivity contribution in [3.63, 3.8) is 0 Å². The van der Waals surface area contributed by atoms with Crippen molar-refractivity contribution in [3.8, 4) is 17.2 Å². The SMILES string of the molecule is C=CCc1cc(/C=c2/sc3n(c2=O)[C@H](c2ccc(OC)cc2)C(C(=O)OCC)=C(C)N=3)cc(OCC)c1OCc1ccc(Cl)cc1. The number of nitrogens with zero attached hydrogens (tertiary/aromatic N) is 2. The molecule has 1 atom stereocenters. The van der Waals surface area contributed by atoms with Crippen LogP contribution in [0, 0.1) is 0 Å². The molecule has 0 fully saturated rings. The molecule has 10 heteroatoms. The second-order valence-corrected chi connectivity index (χ2v) is 11.9. The molecule has 1 aromatic heterocycles. The van der Waals surface area contributed by atoms with Gasteiger partial charge in [0.25, 0.3) is 5.56 Å². The largest absolute Gasteiger partial charge is 0.497 e. The number of ether oxygens (including phenoxy) is 4. The zero-order valence-corrected chi connectivity index (χ0v) is 27.7. The molecule has 0 spiro atoms. The number of thiazole rings is 1. The van der Waals surface area contributed by atoms with Gasteiger partial charge in [0.05, 0.1) is 42.2 Å². The van der Waals surface area contributed by atoms with Crippen molar-refractivity contribution < 1.29 is 23.7 Å². The first-order valence-electron chi connectivity index (χ1n) is 14.9. The van der Waals surface area contributed by atoms with E-state index in [1.165, 1.54) is 11.3 Å². The average Bonchev–Trinajstić information content (AvgIpc) is 3.34. The molecule has 3 aromatic carbocycles. The van der Waals surface area contributed by atoms with E-state index in [1.807, 2.05) is 61.5 Å². The fourth-order valence-corrected chi connectivity index (χ4v) is 6.45. The van der Waals surface area contributed by atoms with Gasteiger partial charge in [-0.3, -0.25) is 9.36 Å². The smallest absolute Gasteiger partial charge is 0.338 e. The summed E-state index contributed by atoms with van der Waals surface area (Å²) in [5.74, 6) is 1.33. The minimum atomic E-state index is -0.720. The van der Waals surface area contributed by atoms with E-state index in [2.05, 4.69) is 11.6 Å². The Morgan fingerprint density at radius 3 is 2.46 bits per heavy atom. The maximum absolute atomic E-state index is 14.1. The highest BCUT2D eigenvalue weighted by molar-refractivity contribution is 7.07. The summed E-state index contributed by atoms with van der Waals surface area (Å²) in [6.07, 6.45) is 4.14. The van der Waals surface area contributed by atoms with Gasteiger partial charge in [-0.1, -0.05) is 53.3 Å². The highest BCUT2D eigenvalue weighted by atomic mass is 35.5. The van der Waals surface area contributed by atoms with Crippen molar-refractivity contribution in [2.75, 3.05) is 20.3 Å². The van der Waals surface area contributed by atoms with Gasteiger partial charge in [0.1, 0.15) is 12.4 Å². The van der Waals surface area contributed by atoms with E-state index in [1.54, 1.807) is 43.7 Å². The van der Waals surface area contributed by atoms with Gasteiger partial charge >= 0.3 is 5.97 Å². The number of benzene rings is 3. The second kappa shape index (κ2) is 14.7. The lowest BCUT2D eigenvalue weighted by atomic mass is 9.96. The molecule has 8 nitrogen and oxygen atoms in total. The normalized spacial score (nSPS) is 14.4. The number of esters is 1. The van der Waals surface area contributed by atoms with Crippen LogP contribution in [0.3, 0.4) is 0 Å². The van der Waals surface area contributed by atoms with E-state index < -0.39 is 12.0 Å². The summed E-state index contributed by atoms with van der Waals surface area (Å²) in [5, 5.41) is 0.656. The Bertz CT molecular complexity index is 1960.